The molecule has 1 aromatic heterocycles. The predicted octanol–water partition coefficient (Wildman–Crippen LogP) is 1.37. The van der Waals surface area contributed by atoms with Crippen molar-refractivity contribution in [1.29, 1.82) is 0 Å². The van der Waals surface area contributed by atoms with E-state index in [9.17, 15) is 4.79 Å². The Balaban J connectivity index is 1.78. The van der Waals surface area contributed by atoms with Crippen LogP contribution in [0, 0.1) is 5.92 Å². The Morgan fingerprint density at radius 2 is 2.14 bits per heavy atom. The van der Waals surface area contributed by atoms with Crippen LogP contribution in [0.5, 0.6) is 0 Å². The minimum absolute atomic E-state index is 0.203. The fourth-order valence-corrected chi connectivity index (χ4v) is 3.11. The van der Waals surface area contributed by atoms with Crippen LogP contribution in [0.25, 0.3) is 11.4 Å². The van der Waals surface area contributed by atoms with E-state index < -0.39 is 0 Å². The lowest BCUT2D eigenvalue weighted by Crippen LogP contribution is -2.33. The Kier molecular flexibility index (Phi) is 4.29. The highest BCUT2D eigenvalue weighted by molar-refractivity contribution is 5.63. The standard InChI is InChI=1S/C16H22N4O2/c1-19-15(17-18-16(19)22)13-3-2-4-14(11-13)20-8-5-12(6-9-20)7-10-21/h2-4,11-12,21H,5-10H2,1H3,(H,18,22). The molecule has 0 radical (unpaired) electrons. The summed E-state index contributed by atoms with van der Waals surface area (Å²) in [6.45, 7) is 2.30. The molecule has 0 unspecified atom stereocenters. The molecule has 0 amide bonds. The zero-order chi connectivity index (χ0) is 15.5. The summed E-state index contributed by atoms with van der Waals surface area (Å²) in [6, 6.07) is 8.16. The van der Waals surface area contributed by atoms with E-state index in [-0.39, 0.29) is 12.3 Å². The third-order valence-corrected chi connectivity index (χ3v) is 4.50. The number of benzene rings is 1. The number of anilines is 1. The number of nitrogens with one attached hydrogen (secondary N) is 1. The lowest BCUT2D eigenvalue weighted by atomic mass is 9.93. The van der Waals surface area contributed by atoms with Crippen LogP contribution < -0.4 is 10.6 Å². The highest BCUT2D eigenvalue weighted by Gasteiger charge is 2.19. The second-order valence-corrected chi connectivity index (χ2v) is 5.90. The van der Waals surface area contributed by atoms with E-state index in [4.69, 9.17) is 5.11 Å². The zero-order valence-corrected chi connectivity index (χ0v) is 12.8. The van der Waals surface area contributed by atoms with Crippen molar-refractivity contribution in [3.05, 3.63) is 34.7 Å². The number of aromatic nitrogens is 3. The number of aromatic amines is 1. The highest BCUT2D eigenvalue weighted by Crippen LogP contribution is 2.27. The van der Waals surface area contributed by atoms with Crippen molar-refractivity contribution in [3.8, 4) is 11.4 Å². The SMILES string of the molecule is Cn1c(-c2cccc(N3CCC(CCO)CC3)c2)n[nH]c1=O. The van der Waals surface area contributed by atoms with Crippen LogP contribution in [0.3, 0.4) is 0 Å². The van der Waals surface area contributed by atoms with Gasteiger partial charge in [-0.05, 0) is 37.3 Å². The van der Waals surface area contributed by atoms with E-state index in [1.54, 1.807) is 7.05 Å². The van der Waals surface area contributed by atoms with Crippen molar-refractivity contribution in [3.63, 3.8) is 0 Å². The van der Waals surface area contributed by atoms with E-state index in [0.29, 0.717) is 11.7 Å². The molecule has 2 heterocycles. The average molecular weight is 302 g/mol. The molecular formula is C16H22N4O2. The van der Waals surface area contributed by atoms with Gasteiger partial charge < -0.3 is 10.0 Å². The number of aliphatic hydroxyl groups is 1. The van der Waals surface area contributed by atoms with Crippen molar-refractivity contribution in [2.24, 2.45) is 13.0 Å². The number of rotatable bonds is 4. The van der Waals surface area contributed by atoms with Gasteiger partial charge in [-0.2, -0.15) is 5.10 Å². The Labute approximate surface area is 129 Å². The number of H-pyrrole nitrogens is 1. The number of piperidine rings is 1. The molecule has 1 aliphatic heterocycles. The molecular weight excluding hydrogens is 280 g/mol. The van der Waals surface area contributed by atoms with Gasteiger partial charge in [0.25, 0.3) is 0 Å². The molecule has 2 N–H and O–H groups in total. The first-order chi connectivity index (χ1) is 10.7. The monoisotopic (exact) mass is 302 g/mol. The summed E-state index contributed by atoms with van der Waals surface area (Å²) in [7, 11) is 1.72. The minimum Gasteiger partial charge on any atom is -0.396 e. The summed E-state index contributed by atoms with van der Waals surface area (Å²) < 4.78 is 1.52. The van der Waals surface area contributed by atoms with Gasteiger partial charge in [0.1, 0.15) is 0 Å². The van der Waals surface area contributed by atoms with Crippen molar-refractivity contribution in [1.82, 2.24) is 14.8 Å². The molecule has 1 fully saturated rings. The minimum atomic E-state index is -0.203. The number of nitrogens with zero attached hydrogens (tertiary/aromatic N) is 3. The Hall–Kier alpha value is -2.08. The van der Waals surface area contributed by atoms with E-state index in [2.05, 4.69) is 27.2 Å². The summed E-state index contributed by atoms with van der Waals surface area (Å²) in [5.74, 6) is 1.29. The molecule has 118 valence electrons. The molecule has 2 aromatic rings. The molecule has 0 aliphatic carbocycles. The first kappa shape index (κ1) is 14.8. The van der Waals surface area contributed by atoms with Gasteiger partial charge in [0.05, 0.1) is 0 Å². The Morgan fingerprint density at radius 3 is 2.77 bits per heavy atom. The van der Waals surface area contributed by atoms with Gasteiger partial charge in [0.2, 0.25) is 0 Å². The van der Waals surface area contributed by atoms with Crippen LogP contribution in [0.2, 0.25) is 0 Å². The van der Waals surface area contributed by atoms with Gasteiger partial charge in [-0.25, -0.2) is 9.89 Å². The average Bonchev–Trinajstić information content (AvgIpc) is 2.88. The van der Waals surface area contributed by atoms with Gasteiger partial charge in [0, 0.05) is 38.0 Å². The first-order valence-electron chi connectivity index (χ1n) is 7.76. The molecule has 1 aliphatic rings. The van der Waals surface area contributed by atoms with E-state index >= 15 is 0 Å². The summed E-state index contributed by atoms with van der Waals surface area (Å²) >= 11 is 0. The fraction of sp³-hybridized carbons (Fsp3) is 0.500. The van der Waals surface area contributed by atoms with E-state index in [1.807, 2.05) is 12.1 Å². The topological polar surface area (TPSA) is 74.2 Å². The lowest BCUT2D eigenvalue weighted by Gasteiger charge is -2.33. The molecule has 1 saturated heterocycles. The molecule has 0 atom stereocenters. The maximum absolute atomic E-state index is 11.5. The molecule has 6 heteroatoms. The summed E-state index contributed by atoms with van der Waals surface area (Å²) in [5.41, 5.74) is 1.90. The maximum atomic E-state index is 11.5. The summed E-state index contributed by atoms with van der Waals surface area (Å²) in [4.78, 5) is 13.9. The van der Waals surface area contributed by atoms with Gasteiger partial charge in [0.15, 0.2) is 5.82 Å². The summed E-state index contributed by atoms with van der Waals surface area (Å²) in [5, 5.41) is 15.6. The van der Waals surface area contributed by atoms with Crippen molar-refractivity contribution >= 4 is 5.69 Å². The smallest absolute Gasteiger partial charge is 0.343 e. The second-order valence-electron chi connectivity index (χ2n) is 5.90. The Bertz CT molecular complexity index is 683. The molecule has 22 heavy (non-hydrogen) atoms. The largest absolute Gasteiger partial charge is 0.396 e. The van der Waals surface area contributed by atoms with Gasteiger partial charge in [-0.1, -0.05) is 12.1 Å². The van der Waals surface area contributed by atoms with E-state index in [1.165, 1.54) is 4.57 Å². The molecule has 0 bridgehead atoms. The zero-order valence-electron chi connectivity index (χ0n) is 12.8. The van der Waals surface area contributed by atoms with Gasteiger partial charge >= 0.3 is 5.69 Å². The quantitative estimate of drug-likeness (QED) is 0.894. The molecule has 0 spiro atoms. The Morgan fingerprint density at radius 1 is 1.36 bits per heavy atom. The van der Waals surface area contributed by atoms with Crippen molar-refractivity contribution < 1.29 is 5.11 Å². The van der Waals surface area contributed by atoms with Crippen LogP contribution in [-0.2, 0) is 7.05 Å². The highest BCUT2D eigenvalue weighted by atomic mass is 16.3. The number of aliphatic hydroxyl groups excluding tert-OH is 1. The molecule has 0 saturated carbocycles. The van der Waals surface area contributed by atoms with E-state index in [0.717, 1.165) is 43.6 Å². The molecule has 1 aromatic carbocycles. The van der Waals surface area contributed by atoms with Gasteiger partial charge in [-0.15, -0.1) is 0 Å². The van der Waals surface area contributed by atoms with Crippen LogP contribution in [0.15, 0.2) is 29.1 Å². The number of hydrogen-bond acceptors (Lipinski definition) is 4. The lowest BCUT2D eigenvalue weighted by molar-refractivity contribution is 0.240. The normalized spacial score (nSPS) is 16.2. The number of hydrogen-bond donors (Lipinski definition) is 2. The molecule has 6 nitrogen and oxygen atoms in total. The summed E-state index contributed by atoms with van der Waals surface area (Å²) in [6.07, 6.45) is 3.14. The molecule has 3 rings (SSSR count). The first-order valence-corrected chi connectivity index (χ1v) is 7.76. The van der Waals surface area contributed by atoms with Crippen LogP contribution >= 0.6 is 0 Å². The van der Waals surface area contributed by atoms with Crippen molar-refractivity contribution in [2.75, 3.05) is 24.6 Å². The third-order valence-electron chi connectivity index (χ3n) is 4.50. The van der Waals surface area contributed by atoms with Gasteiger partial charge in [-0.3, -0.25) is 4.57 Å². The maximum Gasteiger partial charge on any atom is 0.343 e. The van der Waals surface area contributed by atoms with Crippen LogP contribution in [0.1, 0.15) is 19.3 Å². The van der Waals surface area contributed by atoms with Crippen LogP contribution in [0.4, 0.5) is 5.69 Å². The predicted molar refractivity (Wildman–Crippen MR) is 85.9 cm³/mol. The van der Waals surface area contributed by atoms with Crippen molar-refractivity contribution in [2.45, 2.75) is 19.3 Å². The van der Waals surface area contributed by atoms with Crippen LogP contribution in [-0.4, -0.2) is 39.6 Å². The second kappa shape index (κ2) is 6.36. The fourth-order valence-electron chi connectivity index (χ4n) is 3.11. The third kappa shape index (κ3) is 2.92.